The number of aromatic nitrogens is 2. The molecule has 7 heteroatoms. The Balaban J connectivity index is 1.71. The van der Waals surface area contributed by atoms with Crippen LogP contribution in [0.2, 0.25) is 0 Å². The smallest absolute Gasteiger partial charge is 0.413 e. The molecule has 7 nitrogen and oxygen atoms in total. The minimum absolute atomic E-state index is 0.0291. The molecule has 0 radical (unpaired) electrons. The monoisotopic (exact) mass is 329 g/mol. The predicted molar refractivity (Wildman–Crippen MR) is 86.9 cm³/mol. The lowest BCUT2D eigenvalue weighted by molar-refractivity contribution is 0.0698. The molecule has 0 bridgehead atoms. The fourth-order valence-corrected chi connectivity index (χ4v) is 2.92. The number of hydrogen-bond donors (Lipinski definition) is 2. The van der Waals surface area contributed by atoms with Gasteiger partial charge in [0.25, 0.3) is 0 Å². The molecule has 0 saturated heterocycles. The third kappa shape index (κ3) is 3.56. The first-order valence-corrected chi connectivity index (χ1v) is 7.93. The molecule has 2 N–H and O–H groups in total. The van der Waals surface area contributed by atoms with Crippen molar-refractivity contribution >= 4 is 17.9 Å². The predicted octanol–water partition coefficient (Wildman–Crippen LogP) is 3.45. The summed E-state index contributed by atoms with van der Waals surface area (Å²) in [6.45, 7) is 0.118. The van der Waals surface area contributed by atoms with Crippen LogP contribution in [-0.4, -0.2) is 26.9 Å². The Labute approximate surface area is 139 Å². The number of carbonyl (C=O) groups excluding carboxylic acids is 1. The van der Waals surface area contributed by atoms with Crippen LogP contribution in [0.1, 0.15) is 47.6 Å². The molecule has 3 rings (SSSR count). The van der Waals surface area contributed by atoms with Crippen LogP contribution in [0.5, 0.6) is 0 Å². The summed E-state index contributed by atoms with van der Waals surface area (Å²) in [7, 11) is 0. The number of hydrogen-bond acceptors (Lipinski definition) is 4. The minimum Gasteiger partial charge on any atom is -0.477 e. The first-order chi connectivity index (χ1) is 11.6. The molecule has 1 heterocycles. The Hall–Kier alpha value is -2.83. The van der Waals surface area contributed by atoms with E-state index in [1.54, 1.807) is 4.68 Å². The van der Waals surface area contributed by atoms with Gasteiger partial charge in [0.2, 0.25) is 0 Å². The Morgan fingerprint density at radius 1 is 1.25 bits per heavy atom. The number of rotatable bonds is 5. The highest BCUT2D eigenvalue weighted by molar-refractivity contribution is 5.97. The van der Waals surface area contributed by atoms with Crippen molar-refractivity contribution in [2.75, 3.05) is 5.32 Å². The lowest BCUT2D eigenvalue weighted by Crippen LogP contribution is -2.20. The summed E-state index contributed by atoms with van der Waals surface area (Å²) < 4.78 is 6.77. The number of nitrogens with one attached hydrogen (secondary N) is 1. The van der Waals surface area contributed by atoms with Crippen LogP contribution in [0.15, 0.2) is 36.5 Å². The normalized spacial score (nSPS) is 14.5. The second kappa shape index (κ2) is 7.16. The zero-order chi connectivity index (χ0) is 16.9. The fraction of sp³-hybridized carbons (Fsp3) is 0.353. The lowest BCUT2D eigenvalue weighted by atomic mass is 10.2. The molecule has 1 saturated carbocycles. The van der Waals surface area contributed by atoms with Gasteiger partial charge in [-0.25, -0.2) is 14.3 Å². The van der Waals surface area contributed by atoms with E-state index in [0.29, 0.717) is 0 Å². The van der Waals surface area contributed by atoms with Crippen LogP contribution in [0.4, 0.5) is 10.6 Å². The highest BCUT2D eigenvalue weighted by atomic mass is 16.5. The number of amides is 1. The Bertz CT molecular complexity index is 721. The van der Waals surface area contributed by atoms with E-state index in [2.05, 4.69) is 10.4 Å². The summed E-state index contributed by atoms with van der Waals surface area (Å²) in [5.41, 5.74) is 0.828. The minimum atomic E-state index is -1.13. The molecule has 0 unspecified atom stereocenters. The molecule has 1 aliphatic carbocycles. The van der Waals surface area contributed by atoms with E-state index in [1.807, 2.05) is 30.3 Å². The van der Waals surface area contributed by atoms with Crippen LogP contribution in [0.3, 0.4) is 0 Å². The van der Waals surface area contributed by atoms with Crippen molar-refractivity contribution < 1.29 is 19.4 Å². The fourth-order valence-electron chi connectivity index (χ4n) is 2.92. The Morgan fingerprint density at radius 2 is 1.96 bits per heavy atom. The summed E-state index contributed by atoms with van der Waals surface area (Å²) in [6.07, 6.45) is 4.58. The zero-order valence-corrected chi connectivity index (χ0v) is 13.1. The summed E-state index contributed by atoms with van der Waals surface area (Å²) in [5.74, 6) is -0.940. The van der Waals surface area contributed by atoms with Gasteiger partial charge in [-0.2, -0.15) is 5.10 Å². The Kier molecular flexibility index (Phi) is 4.79. The molecule has 2 aromatic rings. The van der Waals surface area contributed by atoms with Crippen molar-refractivity contribution in [3.05, 3.63) is 47.7 Å². The first-order valence-electron chi connectivity index (χ1n) is 7.93. The van der Waals surface area contributed by atoms with Crippen molar-refractivity contribution in [3.8, 4) is 0 Å². The second-order valence-corrected chi connectivity index (χ2v) is 5.78. The summed E-state index contributed by atoms with van der Waals surface area (Å²) in [4.78, 5) is 23.4. The van der Waals surface area contributed by atoms with Crippen LogP contribution >= 0.6 is 0 Å². The Morgan fingerprint density at radius 3 is 2.62 bits per heavy atom. The summed E-state index contributed by atoms with van der Waals surface area (Å²) in [5, 5.41) is 16.0. The van der Waals surface area contributed by atoms with Gasteiger partial charge in [-0.15, -0.1) is 0 Å². The summed E-state index contributed by atoms with van der Waals surface area (Å²) in [6, 6.07) is 9.39. The van der Waals surface area contributed by atoms with E-state index in [1.165, 1.54) is 6.20 Å². The standard InChI is InChI=1S/C17H19N3O4/c21-16(22)14-10-18-20(13-8-4-5-9-13)15(14)19-17(23)24-11-12-6-2-1-3-7-12/h1-3,6-7,10,13H,4-5,8-9,11H2,(H,19,23)(H,21,22). The van der Waals surface area contributed by atoms with Gasteiger partial charge in [0, 0.05) is 0 Å². The van der Waals surface area contributed by atoms with Crippen LogP contribution < -0.4 is 5.32 Å². The SMILES string of the molecule is O=C(Nc1c(C(=O)O)cnn1C1CCCC1)OCc1ccccc1. The van der Waals surface area contributed by atoms with E-state index in [9.17, 15) is 14.7 Å². The number of benzene rings is 1. The van der Waals surface area contributed by atoms with Crippen LogP contribution in [0, 0.1) is 0 Å². The maximum Gasteiger partial charge on any atom is 0.413 e. The molecular formula is C17H19N3O4. The van der Waals surface area contributed by atoms with E-state index in [-0.39, 0.29) is 24.0 Å². The number of ether oxygens (including phenoxy) is 1. The molecule has 0 atom stereocenters. The van der Waals surface area contributed by atoms with Crippen LogP contribution in [-0.2, 0) is 11.3 Å². The molecule has 1 aromatic carbocycles. The topological polar surface area (TPSA) is 93.5 Å². The molecule has 0 aliphatic heterocycles. The van der Waals surface area contributed by atoms with Crippen molar-refractivity contribution in [2.45, 2.75) is 38.3 Å². The largest absolute Gasteiger partial charge is 0.477 e. The van der Waals surface area contributed by atoms with Gasteiger partial charge in [0.05, 0.1) is 12.2 Å². The average Bonchev–Trinajstić information content (AvgIpc) is 3.23. The lowest BCUT2D eigenvalue weighted by Gasteiger charge is -2.15. The van der Waals surface area contributed by atoms with Crippen LogP contribution in [0.25, 0.3) is 0 Å². The molecule has 126 valence electrons. The van der Waals surface area contributed by atoms with E-state index in [4.69, 9.17) is 4.74 Å². The van der Waals surface area contributed by atoms with Gasteiger partial charge < -0.3 is 9.84 Å². The highest BCUT2D eigenvalue weighted by Crippen LogP contribution is 2.32. The number of nitrogens with zero attached hydrogens (tertiary/aromatic N) is 2. The van der Waals surface area contributed by atoms with Gasteiger partial charge in [-0.3, -0.25) is 5.32 Å². The third-order valence-corrected chi connectivity index (χ3v) is 4.13. The van der Waals surface area contributed by atoms with Gasteiger partial charge in [0.15, 0.2) is 0 Å². The van der Waals surface area contributed by atoms with E-state index < -0.39 is 12.1 Å². The van der Waals surface area contributed by atoms with Crippen molar-refractivity contribution in [2.24, 2.45) is 0 Å². The molecule has 1 aromatic heterocycles. The van der Waals surface area contributed by atoms with Gasteiger partial charge in [-0.05, 0) is 18.4 Å². The summed E-state index contributed by atoms with van der Waals surface area (Å²) >= 11 is 0. The van der Waals surface area contributed by atoms with Gasteiger partial charge in [-0.1, -0.05) is 43.2 Å². The third-order valence-electron chi connectivity index (χ3n) is 4.13. The van der Waals surface area contributed by atoms with Crippen molar-refractivity contribution in [1.82, 2.24) is 9.78 Å². The highest BCUT2D eigenvalue weighted by Gasteiger charge is 2.26. The number of carboxylic acids is 1. The van der Waals surface area contributed by atoms with Crippen molar-refractivity contribution in [1.29, 1.82) is 0 Å². The second-order valence-electron chi connectivity index (χ2n) is 5.78. The van der Waals surface area contributed by atoms with Crippen molar-refractivity contribution in [3.63, 3.8) is 0 Å². The maximum absolute atomic E-state index is 12.1. The van der Waals surface area contributed by atoms with E-state index >= 15 is 0 Å². The average molecular weight is 329 g/mol. The maximum atomic E-state index is 12.1. The molecule has 1 aliphatic rings. The van der Waals surface area contributed by atoms with E-state index in [0.717, 1.165) is 31.2 Å². The molecule has 1 fully saturated rings. The number of carboxylic acid groups (broad SMARTS) is 1. The number of aromatic carboxylic acids is 1. The quantitative estimate of drug-likeness (QED) is 0.876. The molecule has 0 spiro atoms. The molecule has 24 heavy (non-hydrogen) atoms. The van der Waals surface area contributed by atoms with Gasteiger partial charge >= 0.3 is 12.1 Å². The molecule has 1 amide bonds. The van der Waals surface area contributed by atoms with Gasteiger partial charge in [0.1, 0.15) is 18.0 Å². The molecular weight excluding hydrogens is 310 g/mol. The number of anilines is 1. The number of carbonyl (C=O) groups is 2. The zero-order valence-electron chi connectivity index (χ0n) is 13.1. The first kappa shape index (κ1) is 16.0.